The van der Waals surface area contributed by atoms with Gasteiger partial charge in [-0.1, -0.05) is 0 Å². The molecule has 1 aromatic rings. The number of carbonyl (C=O) groups is 1. The number of aryl methyl sites for hydroxylation is 2. The first-order valence-corrected chi connectivity index (χ1v) is 8.03. The molecule has 0 bridgehead atoms. The topological polar surface area (TPSA) is 111 Å². The van der Waals surface area contributed by atoms with Gasteiger partial charge in [0.25, 0.3) is 0 Å². The number of nitrogens with zero attached hydrogens (tertiary/aromatic N) is 2. The summed E-state index contributed by atoms with van der Waals surface area (Å²) in [7, 11) is -2.33. The Morgan fingerprint density at radius 2 is 1.95 bits per heavy atom. The number of ether oxygens (including phenoxy) is 1. The van der Waals surface area contributed by atoms with Crippen LogP contribution >= 0.6 is 0 Å². The van der Waals surface area contributed by atoms with E-state index in [-0.39, 0.29) is 31.0 Å². The van der Waals surface area contributed by atoms with E-state index in [4.69, 9.17) is 4.74 Å². The summed E-state index contributed by atoms with van der Waals surface area (Å²) in [6.45, 7) is 3.63. The summed E-state index contributed by atoms with van der Waals surface area (Å²) in [4.78, 5) is 11.6. The molecule has 0 amide bonds. The molecule has 1 fully saturated rings. The highest BCUT2D eigenvalue weighted by molar-refractivity contribution is 7.89. The van der Waals surface area contributed by atoms with E-state index < -0.39 is 21.5 Å². The van der Waals surface area contributed by atoms with Crippen LogP contribution in [-0.2, 0) is 26.6 Å². The Hall–Kier alpha value is -1.45. The van der Waals surface area contributed by atoms with Crippen molar-refractivity contribution in [3.05, 3.63) is 11.4 Å². The van der Waals surface area contributed by atoms with Crippen molar-refractivity contribution in [2.75, 3.05) is 13.2 Å². The molecule has 2 heterocycles. The zero-order chi connectivity index (χ0) is 15.8. The van der Waals surface area contributed by atoms with Crippen LogP contribution in [-0.4, -0.2) is 48.0 Å². The fraction of sp³-hybridized carbons (Fsp3) is 0.667. The number of aromatic nitrogens is 2. The predicted molar refractivity (Wildman–Crippen MR) is 73.4 cm³/mol. The van der Waals surface area contributed by atoms with Crippen LogP contribution in [0.15, 0.2) is 4.90 Å². The zero-order valence-corrected chi connectivity index (χ0v) is 13.0. The summed E-state index contributed by atoms with van der Waals surface area (Å²) < 4.78 is 34.1. The maximum absolute atomic E-state index is 12.6. The van der Waals surface area contributed by atoms with Crippen molar-refractivity contribution in [1.82, 2.24) is 14.5 Å². The minimum absolute atomic E-state index is 0.0390. The summed E-state index contributed by atoms with van der Waals surface area (Å²) in [5.41, 5.74) is -0.714. The van der Waals surface area contributed by atoms with Gasteiger partial charge in [0.1, 0.15) is 10.4 Å². The van der Waals surface area contributed by atoms with Crippen LogP contribution in [0.5, 0.6) is 0 Å². The Balaban J connectivity index is 2.42. The van der Waals surface area contributed by atoms with E-state index in [1.54, 1.807) is 20.9 Å². The molecule has 0 atom stereocenters. The van der Waals surface area contributed by atoms with E-state index in [1.165, 1.54) is 4.68 Å². The van der Waals surface area contributed by atoms with Gasteiger partial charge < -0.3 is 9.84 Å². The van der Waals surface area contributed by atoms with Crippen molar-refractivity contribution in [1.29, 1.82) is 0 Å². The summed E-state index contributed by atoms with van der Waals surface area (Å²) >= 11 is 0. The first kappa shape index (κ1) is 15.9. The highest BCUT2D eigenvalue weighted by atomic mass is 32.2. The lowest BCUT2D eigenvalue weighted by atomic mass is 9.92. The normalized spacial score (nSPS) is 18.6. The molecule has 0 aliphatic carbocycles. The van der Waals surface area contributed by atoms with E-state index in [0.717, 1.165) is 0 Å². The van der Waals surface area contributed by atoms with Gasteiger partial charge in [-0.05, 0) is 13.8 Å². The van der Waals surface area contributed by atoms with Gasteiger partial charge in [0.15, 0.2) is 0 Å². The molecule has 1 saturated heterocycles. The fourth-order valence-electron chi connectivity index (χ4n) is 2.53. The lowest BCUT2D eigenvalue weighted by Crippen LogP contribution is -2.57. The molecule has 1 aromatic heterocycles. The average Bonchev–Trinajstić information content (AvgIpc) is 2.64. The van der Waals surface area contributed by atoms with Crippen LogP contribution in [0.25, 0.3) is 0 Å². The molecule has 0 radical (unpaired) electrons. The number of carboxylic acids is 1. The lowest BCUT2D eigenvalue weighted by Gasteiger charge is -2.33. The highest BCUT2D eigenvalue weighted by Gasteiger charge is 2.44. The molecule has 0 unspecified atom stereocenters. The fourth-order valence-corrected chi connectivity index (χ4v) is 4.39. The first-order chi connectivity index (χ1) is 9.69. The third kappa shape index (κ3) is 2.81. The molecule has 0 aromatic carbocycles. The number of rotatable bonds is 4. The zero-order valence-electron chi connectivity index (χ0n) is 12.2. The maximum atomic E-state index is 12.6. The van der Waals surface area contributed by atoms with E-state index in [2.05, 4.69) is 9.82 Å². The van der Waals surface area contributed by atoms with E-state index in [9.17, 15) is 18.3 Å². The molecule has 2 N–H and O–H groups in total. The first-order valence-electron chi connectivity index (χ1n) is 6.55. The minimum atomic E-state index is -3.97. The molecule has 8 nitrogen and oxygen atoms in total. The standard InChI is InChI=1S/C12H19N3O5S/c1-8-10(9(2)15(3)13-8)21(18,19)14-12(11(16)17)4-6-20-7-5-12/h14H,4-7H2,1-3H3,(H,16,17). The van der Waals surface area contributed by atoms with Gasteiger partial charge in [-0.2, -0.15) is 9.82 Å². The Bertz CT molecular complexity index is 659. The largest absolute Gasteiger partial charge is 0.480 e. The summed E-state index contributed by atoms with van der Waals surface area (Å²) in [6, 6.07) is 0. The Labute approximate surface area is 123 Å². The quantitative estimate of drug-likeness (QED) is 0.805. The van der Waals surface area contributed by atoms with Gasteiger partial charge in [-0.25, -0.2) is 8.42 Å². The van der Waals surface area contributed by atoms with Crippen molar-refractivity contribution in [3.63, 3.8) is 0 Å². The van der Waals surface area contributed by atoms with Gasteiger partial charge in [0.05, 0.1) is 11.4 Å². The van der Waals surface area contributed by atoms with Crippen molar-refractivity contribution in [2.24, 2.45) is 7.05 Å². The van der Waals surface area contributed by atoms with Crippen LogP contribution in [0.3, 0.4) is 0 Å². The van der Waals surface area contributed by atoms with Gasteiger partial charge in [-0.15, -0.1) is 0 Å². The van der Waals surface area contributed by atoms with E-state index in [0.29, 0.717) is 11.4 Å². The van der Waals surface area contributed by atoms with Crippen molar-refractivity contribution in [3.8, 4) is 0 Å². The van der Waals surface area contributed by atoms with Crippen molar-refractivity contribution < 1.29 is 23.1 Å². The van der Waals surface area contributed by atoms with Crippen LogP contribution in [0.2, 0.25) is 0 Å². The van der Waals surface area contributed by atoms with Crippen LogP contribution in [0, 0.1) is 13.8 Å². The van der Waals surface area contributed by atoms with Crippen molar-refractivity contribution in [2.45, 2.75) is 37.1 Å². The number of hydrogen-bond acceptors (Lipinski definition) is 5. The molecule has 0 saturated carbocycles. The lowest BCUT2D eigenvalue weighted by molar-refractivity contribution is -0.147. The number of sulfonamides is 1. The number of hydrogen-bond donors (Lipinski definition) is 2. The highest BCUT2D eigenvalue weighted by Crippen LogP contribution is 2.26. The van der Waals surface area contributed by atoms with Gasteiger partial charge >= 0.3 is 5.97 Å². The molecular formula is C12H19N3O5S. The molecule has 9 heteroatoms. The van der Waals surface area contributed by atoms with Crippen LogP contribution in [0.4, 0.5) is 0 Å². The smallest absolute Gasteiger partial charge is 0.325 e. The molecule has 1 aliphatic heterocycles. The maximum Gasteiger partial charge on any atom is 0.325 e. The number of carboxylic acid groups (broad SMARTS) is 1. The van der Waals surface area contributed by atoms with Crippen LogP contribution in [0.1, 0.15) is 24.2 Å². The molecule has 0 spiro atoms. The second kappa shape index (κ2) is 5.39. The molecule has 1 aliphatic rings. The second-order valence-electron chi connectivity index (χ2n) is 5.23. The summed E-state index contributed by atoms with van der Waals surface area (Å²) in [5, 5.41) is 13.5. The Morgan fingerprint density at radius 1 is 1.38 bits per heavy atom. The predicted octanol–water partition coefficient (Wildman–Crippen LogP) is -0.0510. The monoisotopic (exact) mass is 317 g/mol. The van der Waals surface area contributed by atoms with Gasteiger partial charge in [0.2, 0.25) is 10.0 Å². The Kier molecular flexibility index (Phi) is 4.09. The van der Waals surface area contributed by atoms with E-state index >= 15 is 0 Å². The van der Waals surface area contributed by atoms with Crippen LogP contribution < -0.4 is 4.72 Å². The Morgan fingerprint density at radius 3 is 2.38 bits per heavy atom. The van der Waals surface area contributed by atoms with Gasteiger partial charge in [-0.3, -0.25) is 9.48 Å². The number of nitrogens with one attached hydrogen (secondary N) is 1. The molecule has 2 rings (SSSR count). The summed E-state index contributed by atoms with van der Waals surface area (Å²) in [6.07, 6.45) is 0.194. The number of aliphatic carboxylic acids is 1. The van der Waals surface area contributed by atoms with Crippen molar-refractivity contribution >= 4 is 16.0 Å². The minimum Gasteiger partial charge on any atom is -0.480 e. The third-order valence-corrected chi connectivity index (χ3v) is 5.58. The third-order valence-electron chi connectivity index (χ3n) is 3.80. The molecular weight excluding hydrogens is 298 g/mol. The second-order valence-corrected chi connectivity index (χ2v) is 6.85. The molecule has 21 heavy (non-hydrogen) atoms. The van der Waals surface area contributed by atoms with E-state index in [1.807, 2.05) is 0 Å². The molecule has 118 valence electrons. The SMILES string of the molecule is Cc1nn(C)c(C)c1S(=O)(=O)NC1(C(=O)O)CCOCC1. The summed E-state index contributed by atoms with van der Waals surface area (Å²) in [5.74, 6) is -1.19. The van der Waals surface area contributed by atoms with Gasteiger partial charge in [0, 0.05) is 33.1 Å². The average molecular weight is 317 g/mol.